The molecule has 0 saturated carbocycles. The number of sulfonamides is 1. The van der Waals surface area contributed by atoms with Gasteiger partial charge in [-0.25, -0.2) is 8.42 Å². The van der Waals surface area contributed by atoms with Crippen LogP contribution in [0, 0.1) is 6.92 Å². The van der Waals surface area contributed by atoms with Gasteiger partial charge in [-0.3, -0.25) is 5.84 Å². The molecule has 0 unspecified atom stereocenters. The molecule has 4 nitrogen and oxygen atoms in total. The Hall–Kier alpha value is -0.620. The van der Waals surface area contributed by atoms with Crippen LogP contribution in [0.1, 0.15) is 5.56 Å². The minimum absolute atomic E-state index is 0.0995. The fourth-order valence-electron chi connectivity index (χ4n) is 0.942. The van der Waals surface area contributed by atoms with E-state index in [1.54, 1.807) is 23.9 Å². The quantitative estimate of drug-likeness (QED) is 0.572. The Kier molecular flexibility index (Phi) is 2.92. The highest BCUT2D eigenvalue weighted by Gasteiger charge is 2.15. The predicted octanol–water partition coefficient (Wildman–Crippen LogP) is 0.800. The summed E-state index contributed by atoms with van der Waals surface area (Å²) in [6, 6.07) is 4.61. The van der Waals surface area contributed by atoms with Gasteiger partial charge >= 0.3 is 0 Å². The number of nitrogens with one attached hydrogen (secondary N) is 1. The first-order valence-electron chi connectivity index (χ1n) is 3.46. The largest absolute Gasteiger partial charge is 0.257 e. The SMILES string of the molecule is Cc1c(Cl)cccc1S(=O)(=O)NN. The molecule has 0 radical (unpaired) electrons. The van der Waals surface area contributed by atoms with E-state index in [4.69, 9.17) is 17.4 Å². The third-order valence-electron chi connectivity index (χ3n) is 1.66. The van der Waals surface area contributed by atoms with Crippen molar-refractivity contribution in [1.29, 1.82) is 0 Å². The normalized spacial score (nSPS) is 11.6. The van der Waals surface area contributed by atoms with E-state index < -0.39 is 10.0 Å². The van der Waals surface area contributed by atoms with Crippen molar-refractivity contribution in [3.05, 3.63) is 28.8 Å². The van der Waals surface area contributed by atoms with Gasteiger partial charge in [-0.15, -0.1) is 0 Å². The number of benzene rings is 1. The van der Waals surface area contributed by atoms with Gasteiger partial charge in [-0.1, -0.05) is 17.7 Å². The van der Waals surface area contributed by atoms with E-state index in [9.17, 15) is 8.42 Å². The third kappa shape index (κ3) is 2.00. The van der Waals surface area contributed by atoms with Crippen molar-refractivity contribution in [2.24, 2.45) is 5.84 Å². The van der Waals surface area contributed by atoms with Crippen LogP contribution >= 0.6 is 11.6 Å². The Morgan fingerprint density at radius 2 is 2.08 bits per heavy atom. The maximum Gasteiger partial charge on any atom is 0.253 e. The van der Waals surface area contributed by atoms with Crippen LogP contribution in [-0.4, -0.2) is 8.42 Å². The molecule has 0 aliphatic carbocycles. The van der Waals surface area contributed by atoms with Crippen molar-refractivity contribution in [1.82, 2.24) is 4.83 Å². The number of rotatable bonds is 2. The molecular formula is C7H9ClN2O2S. The van der Waals surface area contributed by atoms with E-state index in [2.05, 4.69) is 0 Å². The van der Waals surface area contributed by atoms with Crippen LogP contribution in [0.25, 0.3) is 0 Å². The molecule has 1 aromatic carbocycles. The molecule has 0 aliphatic rings. The summed E-state index contributed by atoms with van der Waals surface area (Å²) in [4.78, 5) is 1.84. The molecule has 13 heavy (non-hydrogen) atoms. The zero-order chi connectivity index (χ0) is 10.1. The molecule has 0 saturated heterocycles. The number of halogens is 1. The molecule has 1 aromatic rings. The maximum atomic E-state index is 11.3. The second-order valence-electron chi connectivity index (χ2n) is 2.48. The van der Waals surface area contributed by atoms with Crippen molar-refractivity contribution < 1.29 is 8.42 Å². The summed E-state index contributed by atoms with van der Waals surface area (Å²) >= 11 is 5.74. The summed E-state index contributed by atoms with van der Waals surface area (Å²) in [5.41, 5.74) is 0.488. The lowest BCUT2D eigenvalue weighted by Gasteiger charge is -2.06. The zero-order valence-corrected chi connectivity index (χ0v) is 8.48. The van der Waals surface area contributed by atoms with Crippen LogP contribution in [0.15, 0.2) is 23.1 Å². The summed E-state index contributed by atoms with van der Waals surface area (Å²) in [5.74, 6) is 4.88. The van der Waals surface area contributed by atoms with Crippen LogP contribution in [0.5, 0.6) is 0 Å². The summed E-state index contributed by atoms with van der Waals surface area (Å²) in [6.45, 7) is 1.62. The van der Waals surface area contributed by atoms with Gasteiger partial charge in [0.05, 0.1) is 4.90 Å². The summed E-state index contributed by atoms with van der Waals surface area (Å²) in [5, 5.41) is 0.399. The van der Waals surface area contributed by atoms with Gasteiger partial charge in [0, 0.05) is 5.02 Å². The standard InChI is InChI=1S/C7H9ClN2O2S/c1-5-6(8)3-2-4-7(5)13(11,12)10-9/h2-4,10H,9H2,1H3. The molecule has 0 aromatic heterocycles. The molecule has 0 fully saturated rings. The Morgan fingerprint density at radius 1 is 1.46 bits per heavy atom. The van der Waals surface area contributed by atoms with E-state index in [1.807, 2.05) is 0 Å². The fraction of sp³-hybridized carbons (Fsp3) is 0.143. The first-order valence-corrected chi connectivity index (χ1v) is 5.32. The Balaban J connectivity index is 3.40. The van der Waals surface area contributed by atoms with Gasteiger partial charge in [-0.2, -0.15) is 4.83 Å². The van der Waals surface area contributed by atoms with Gasteiger partial charge < -0.3 is 0 Å². The minimum atomic E-state index is -3.61. The Bertz CT molecular complexity index is 417. The first kappa shape index (κ1) is 10.5. The van der Waals surface area contributed by atoms with Gasteiger partial charge in [0.2, 0.25) is 0 Å². The molecule has 3 N–H and O–H groups in total. The topological polar surface area (TPSA) is 72.2 Å². The van der Waals surface area contributed by atoms with Crippen LogP contribution in [-0.2, 0) is 10.0 Å². The summed E-state index contributed by atoms with van der Waals surface area (Å²) in [6.07, 6.45) is 0. The highest BCUT2D eigenvalue weighted by atomic mass is 35.5. The highest BCUT2D eigenvalue weighted by molar-refractivity contribution is 7.89. The lowest BCUT2D eigenvalue weighted by atomic mass is 10.2. The van der Waals surface area contributed by atoms with Crippen molar-refractivity contribution in [3.8, 4) is 0 Å². The number of hydrogen-bond donors (Lipinski definition) is 2. The maximum absolute atomic E-state index is 11.3. The summed E-state index contributed by atoms with van der Waals surface area (Å²) in [7, 11) is -3.61. The van der Waals surface area contributed by atoms with Crippen molar-refractivity contribution in [2.75, 3.05) is 0 Å². The molecule has 72 valence electrons. The van der Waals surface area contributed by atoms with Gasteiger partial charge in [0.1, 0.15) is 0 Å². The van der Waals surface area contributed by atoms with Crippen molar-refractivity contribution in [2.45, 2.75) is 11.8 Å². The molecule has 0 heterocycles. The van der Waals surface area contributed by atoms with Gasteiger partial charge in [0.25, 0.3) is 10.0 Å². The highest BCUT2D eigenvalue weighted by Crippen LogP contribution is 2.21. The van der Waals surface area contributed by atoms with Crippen molar-refractivity contribution in [3.63, 3.8) is 0 Å². The molecular weight excluding hydrogens is 212 g/mol. The van der Waals surface area contributed by atoms with E-state index >= 15 is 0 Å². The van der Waals surface area contributed by atoms with E-state index in [-0.39, 0.29) is 4.90 Å². The second kappa shape index (κ2) is 3.63. The predicted molar refractivity (Wildman–Crippen MR) is 50.7 cm³/mol. The lowest BCUT2D eigenvalue weighted by molar-refractivity contribution is 0.583. The van der Waals surface area contributed by atoms with Crippen LogP contribution in [0.2, 0.25) is 5.02 Å². The molecule has 0 bridgehead atoms. The first-order chi connectivity index (χ1) is 5.99. The van der Waals surface area contributed by atoms with Gasteiger partial charge in [-0.05, 0) is 24.6 Å². The van der Waals surface area contributed by atoms with E-state index in [1.165, 1.54) is 6.07 Å². The minimum Gasteiger partial charge on any atom is -0.257 e. The van der Waals surface area contributed by atoms with Crippen LogP contribution in [0.3, 0.4) is 0 Å². The number of hydrogen-bond acceptors (Lipinski definition) is 3. The molecule has 0 spiro atoms. The Labute approximate surface area is 81.7 Å². The third-order valence-corrected chi connectivity index (χ3v) is 3.40. The smallest absolute Gasteiger partial charge is 0.253 e. The average molecular weight is 221 g/mol. The second-order valence-corrected chi connectivity index (χ2v) is 4.57. The van der Waals surface area contributed by atoms with Crippen LogP contribution < -0.4 is 10.7 Å². The molecule has 0 atom stereocenters. The molecule has 6 heteroatoms. The molecule has 0 aliphatic heterocycles. The zero-order valence-electron chi connectivity index (χ0n) is 6.91. The molecule has 1 rings (SSSR count). The van der Waals surface area contributed by atoms with Crippen LogP contribution in [0.4, 0.5) is 0 Å². The Morgan fingerprint density at radius 3 is 2.62 bits per heavy atom. The summed E-state index contributed by atoms with van der Waals surface area (Å²) < 4.78 is 22.6. The van der Waals surface area contributed by atoms with E-state index in [0.29, 0.717) is 10.6 Å². The lowest BCUT2D eigenvalue weighted by Crippen LogP contribution is -2.30. The fourth-order valence-corrected chi connectivity index (χ4v) is 2.07. The van der Waals surface area contributed by atoms with E-state index in [0.717, 1.165) is 0 Å². The average Bonchev–Trinajstić information content (AvgIpc) is 2.09. The van der Waals surface area contributed by atoms with Crippen molar-refractivity contribution >= 4 is 21.6 Å². The van der Waals surface area contributed by atoms with Gasteiger partial charge in [0.15, 0.2) is 0 Å². The number of nitrogens with two attached hydrogens (primary N) is 1. The molecule has 0 amide bonds. The monoisotopic (exact) mass is 220 g/mol. The number of hydrazine groups is 1.